The molecule has 2 heterocycles. The molecule has 15 heavy (non-hydrogen) atoms. The molecule has 0 radical (unpaired) electrons. The SMILES string of the molecule is CSc1ccc(CC2CCNCC2)s1.Cl. The maximum atomic E-state index is 3.42. The van der Waals surface area contributed by atoms with Crippen molar-refractivity contribution in [2.45, 2.75) is 23.5 Å². The van der Waals surface area contributed by atoms with Gasteiger partial charge in [-0.3, -0.25) is 0 Å². The summed E-state index contributed by atoms with van der Waals surface area (Å²) < 4.78 is 1.45. The summed E-state index contributed by atoms with van der Waals surface area (Å²) in [5, 5.41) is 3.42. The molecule has 1 aromatic heterocycles. The molecule has 0 amide bonds. The van der Waals surface area contributed by atoms with Gasteiger partial charge in [0.15, 0.2) is 0 Å². The van der Waals surface area contributed by atoms with Gasteiger partial charge in [0.25, 0.3) is 0 Å². The summed E-state index contributed by atoms with van der Waals surface area (Å²) in [4.78, 5) is 1.57. The van der Waals surface area contributed by atoms with Gasteiger partial charge in [0.2, 0.25) is 0 Å². The molecule has 0 saturated carbocycles. The van der Waals surface area contributed by atoms with Gasteiger partial charge in [-0.1, -0.05) is 0 Å². The molecule has 1 N–H and O–H groups in total. The molecule has 0 atom stereocenters. The molecule has 0 spiro atoms. The second-order valence-electron chi connectivity index (χ2n) is 3.82. The fourth-order valence-electron chi connectivity index (χ4n) is 1.95. The van der Waals surface area contributed by atoms with Crippen LogP contribution < -0.4 is 5.32 Å². The second kappa shape index (κ2) is 6.79. The Labute approximate surface area is 106 Å². The van der Waals surface area contributed by atoms with Crippen molar-refractivity contribution >= 4 is 35.5 Å². The molecule has 1 aliphatic heterocycles. The van der Waals surface area contributed by atoms with E-state index in [4.69, 9.17) is 0 Å². The predicted octanol–water partition coefficient (Wildman–Crippen LogP) is 3.43. The highest BCUT2D eigenvalue weighted by Gasteiger charge is 2.14. The molecule has 0 bridgehead atoms. The topological polar surface area (TPSA) is 12.0 Å². The largest absolute Gasteiger partial charge is 0.317 e. The third kappa shape index (κ3) is 3.99. The fraction of sp³-hybridized carbons (Fsp3) is 0.636. The van der Waals surface area contributed by atoms with Gasteiger partial charge in [-0.25, -0.2) is 0 Å². The number of piperidine rings is 1. The summed E-state index contributed by atoms with van der Waals surface area (Å²) in [6.45, 7) is 2.43. The molecule has 1 aromatic rings. The van der Waals surface area contributed by atoms with E-state index in [0.29, 0.717) is 0 Å². The number of nitrogens with one attached hydrogen (secondary N) is 1. The summed E-state index contributed by atoms with van der Waals surface area (Å²) in [7, 11) is 0. The molecule has 0 unspecified atom stereocenters. The van der Waals surface area contributed by atoms with Gasteiger partial charge in [0.1, 0.15) is 0 Å². The zero-order chi connectivity index (χ0) is 9.80. The first kappa shape index (κ1) is 13.4. The van der Waals surface area contributed by atoms with E-state index < -0.39 is 0 Å². The Morgan fingerprint density at radius 2 is 2.13 bits per heavy atom. The molecule has 1 nitrogen and oxygen atoms in total. The summed E-state index contributed by atoms with van der Waals surface area (Å²) in [5.74, 6) is 0.921. The normalized spacial score (nSPS) is 17.4. The minimum atomic E-state index is 0. The highest BCUT2D eigenvalue weighted by molar-refractivity contribution is 8.00. The van der Waals surface area contributed by atoms with Crippen LogP contribution in [0.15, 0.2) is 16.3 Å². The van der Waals surface area contributed by atoms with Crippen LogP contribution >= 0.6 is 35.5 Å². The van der Waals surface area contributed by atoms with E-state index in [1.807, 2.05) is 23.1 Å². The van der Waals surface area contributed by atoms with Crippen molar-refractivity contribution in [3.05, 3.63) is 17.0 Å². The van der Waals surface area contributed by atoms with Crippen molar-refractivity contribution in [2.75, 3.05) is 19.3 Å². The molecule has 0 aliphatic carbocycles. The smallest absolute Gasteiger partial charge is 0.0598 e. The van der Waals surface area contributed by atoms with Crippen molar-refractivity contribution < 1.29 is 0 Å². The van der Waals surface area contributed by atoms with Gasteiger partial charge in [-0.05, 0) is 56.7 Å². The average Bonchev–Trinajstić information content (AvgIpc) is 2.67. The van der Waals surface area contributed by atoms with Crippen LogP contribution in [-0.2, 0) is 6.42 Å². The zero-order valence-electron chi connectivity index (χ0n) is 8.99. The molecular weight excluding hydrogens is 246 g/mol. The minimum Gasteiger partial charge on any atom is -0.317 e. The lowest BCUT2D eigenvalue weighted by atomic mass is 9.94. The van der Waals surface area contributed by atoms with Crippen molar-refractivity contribution in [2.24, 2.45) is 5.92 Å². The van der Waals surface area contributed by atoms with Crippen LogP contribution in [0.25, 0.3) is 0 Å². The molecule has 4 heteroatoms. The Hall–Kier alpha value is 0.300. The van der Waals surface area contributed by atoms with E-state index in [2.05, 4.69) is 23.7 Å². The Kier molecular flexibility index (Phi) is 6.05. The summed E-state index contributed by atoms with van der Waals surface area (Å²) in [6, 6.07) is 4.56. The van der Waals surface area contributed by atoms with Crippen molar-refractivity contribution in [3.63, 3.8) is 0 Å². The van der Waals surface area contributed by atoms with Gasteiger partial charge in [-0.2, -0.15) is 0 Å². The highest BCUT2D eigenvalue weighted by Crippen LogP contribution is 2.28. The van der Waals surface area contributed by atoms with Crippen LogP contribution in [0.5, 0.6) is 0 Å². The summed E-state index contributed by atoms with van der Waals surface area (Å²) in [6.07, 6.45) is 6.16. The van der Waals surface area contributed by atoms with Crippen LogP contribution in [0, 0.1) is 5.92 Å². The average molecular weight is 264 g/mol. The van der Waals surface area contributed by atoms with E-state index in [-0.39, 0.29) is 12.4 Å². The van der Waals surface area contributed by atoms with Gasteiger partial charge in [0.05, 0.1) is 4.21 Å². The van der Waals surface area contributed by atoms with E-state index >= 15 is 0 Å². The van der Waals surface area contributed by atoms with E-state index in [1.165, 1.54) is 36.6 Å². The summed E-state index contributed by atoms with van der Waals surface area (Å²) in [5.41, 5.74) is 0. The van der Waals surface area contributed by atoms with Crippen molar-refractivity contribution in [1.82, 2.24) is 5.32 Å². The molecule has 1 fully saturated rings. The van der Waals surface area contributed by atoms with Crippen LogP contribution in [0.1, 0.15) is 17.7 Å². The van der Waals surface area contributed by atoms with Gasteiger partial charge in [-0.15, -0.1) is 35.5 Å². The van der Waals surface area contributed by atoms with Crippen LogP contribution in [0.4, 0.5) is 0 Å². The van der Waals surface area contributed by atoms with E-state index in [9.17, 15) is 0 Å². The first-order valence-electron chi connectivity index (χ1n) is 5.22. The molecule has 2 rings (SSSR count). The fourth-order valence-corrected chi connectivity index (χ4v) is 3.66. The minimum absolute atomic E-state index is 0. The van der Waals surface area contributed by atoms with Crippen LogP contribution in [0.3, 0.4) is 0 Å². The van der Waals surface area contributed by atoms with Crippen molar-refractivity contribution in [1.29, 1.82) is 0 Å². The lowest BCUT2D eigenvalue weighted by Crippen LogP contribution is -2.28. The standard InChI is InChI=1S/C11H17NS2.ClH/c1-13-11-3-2-10(14-11)8-9-4-6-12-7-5-9;/h2-3,9,12H,4-8H2,1H3;1H. The van der Waals surface area contributed by atoms with Crippen molar-refractivity contribution in [3.8, 4) is 0 Å². The number of thiophene rings is 1. The molecule has 0 aromatic carbocycles. The maximum Gasteiger partial charge on any atom is 0.0598 e. The lowest BCUT2D eigenvalue weighted by Gasteiger charge is -2.21. The molecule has 1 aliphatic rings. The number of rotatable bonds is 3. The Morgan fingerprint density at radius 1 is 1.40 bits per heavy atom. The second-order valence-corrected chi connectivity index (χ2v) is 6.10. The predicted molar refractivity (Wildman–Crippen MR) is 72.6 cm³/mol. The molecule has 1 saturated heterocycles. The quantitative estimate of drug-likeness (QED) is 0.839. The molecule has 86 valence electrons. The number of thioether (sulfide) groups is 1. The Bertz CT molecular complexity index is 282. The third-order valence-corrected chi connectivity index (χ3v) is 4.98. The Morgan fingerprint density at radius 3 is 2.73 bits per heavy atom. The number of hydrogen-bond acceptors (Lipinski definition) is 3. The Balaban J connectivity index is 0.00000112. The first-order valence-corrected chi connectivity index (χ1v) is 7.26. The summed E-state index contributed by atoms with van der Waals surface area (Å²) >= 11 is 3.83. The monoisotopic (exact) mass is 263 g/mol. The van der Waals surface area contributed by atoms with Gasteiger partial charge in [0, 0.05) is 4.88 Å². The third-order valence-electron chi connectivity index (χ3n) is 2.79. The van der Waals surface area contributed by atoms with Crippen LogP contribution in [-0.4, -0.2) is 19.3 Å². The maximum absolute atomic E-state index is 3.42. The van der Waals surface area contributed by atoms with Gasteiger partial charge >= 0.3 is 0 Å². The van der Waals surface area contributed by atoms with Crippen LogP contribution in [0.2, 0.25) is 0 Å². The van der Waals surface area contributed by atoms with E-state index in [0.717, 1.165) is 5.92 Å². The number of hydrogen-bond donors (Lipinski definition) is 1. The first-order chi connectivity index (χ1) is 6.88. The lowest BCUT2D eigenvalue weighted by molar-refractivity contribution is 0.374. The molecular formula is C11H18ClNS2. The van der Waals surface area contributed by atoms with E-state index in [1.54, 1.807) is 4.88 Å². The highest BCUT2D eigenvalue weighted by atomic mass is 35.5. The zero-order valence-corrected chi connectivity index (χ0v) is 11.4. The number of halogens is 1. The van der Waals surface area contributed by atoms with Gasteiger partial charge < -0.3 is 5.32 Å².